The molecule has 0 amide bonds. The first-order valence-electron chi connectivity index (χ1n) is 4.30. The Balaban J connectivity index is 2.38. The fourth-order valence-corrected chi connectivity index (χ4v) is 1.15. The number of benzene rings is 1. The molecule has 0 saturated carbocycles. The Morgan fingerprint density at radius 2 is 2.14 bits per heavy atom. The van der Waals surface area contributed by atoms with Crippen LogP contribution in [0, 0.1) is 0 Å². The van der Waals surface area contributed by atoms with Crippen LogP contribution < -0.4 is 3.53 Å². The first-order chi connectivity index (χ1) is 6.74. The Kier molecular flexibility index (Phi) is 4.89. The molecule has 0 aliphatic heterocycles. The summed E-state index contributed by atoms with van der Waals surface area (Å²) < 4.78 is 7.87. The van der Waals surface area contributed by atoms with Gasteiger partial charge in [-0.3, -0.25) is 4.79 Å². The van der Waals surface area contributed by atoms with Gasteiger partial charge in [-0.05, 0) is 12.5 Å². The molecule has 76 valence electrons. The van der Waals surface area contributed by atoms with Crippen molar-refractivity contribution < 1.29 is 9.53 Å². The number of halogens is 1. The van der Waals surface area contributed by atoms with Gasteiger partial charge in [0.1, 0.15) is 12.6 Å². The normalized spacial score (nSPS) is 12.1. The second-order valence-corrected chi connectivity index (χ2v) is 3.55. The quantitative estimate of drug-likeness (QED) is 0.526. The van der Waals surface area contributed by atoms with E-state index < -0.39 is 0 Å². The zero-order valence-corrected chi connectivity index (χ0v) is 10.0. The Morgan fingerprint density at radius 3 is 2.71 bits per heavy atom. The minimum Gasteiger partial charge on any atom is -0.460 e. The van der Waals surface area contributed by atoms with Gasteiger partial charge in [-0.2, -0.15) is 0 Å². The molecule has 1 N–H and O–H groups in total. The highest BCUT2D eigenvalue weighted by Gasteiger charge is 2.11. The van der Waals surface area contributed by atoms with Crippen molar-refractivity contribution in [2.75, 3.05) is 0 Å². The fourth-order valence-electron chi connectivity index (χ4n) is 0.898. The molecule has 0 bridgehead atoms. The Bertz CT molecular complexity index is 289. The molecule has 1 atom stereocenters. The summed E-state index contributed by atoms with van der Waals surface area (Å²) in [4.78, 5) is 11.3. The molecule has 0 aromatic heterocycles. The molecule has 0 aliphatic carbocycles. The zero-order valence-electron chi connectivity index (χ0n) is 7.87. The van der Waals surface area contributed by atoms with Crippen molar-refractivity contribution in [3.8, 4) is 0 Å². The van der Waals surface area contributed by atoms with E-state index in [0.717, 1.165) is 5.56 Å². The lowest BCUT2D eigenvalue weighted by molar-refractivity contribution is -0.146. The Labute approximate surface area is 97.3 Å². The molecule has 1 rings (SSSR count). The summed E-state index contributed by atoms with van der Waals surface area (Å²) in [6.07, 6.45) is 0. The van der Waals surface area contributed by atoms with Crippen molar-refractivity contribution in [1.29, 1.82) is 0 Å². The average Bonchev–Trinajstić information content (AvgIpc) is 2.26. The molecular weight excluding hydrogens is 293 g/mol. The van der Waals surface area contributed by atoms with Gasteiger partial charge in [0, 0.05) is 22.9 Å². The van der Waals surface area contributed by atoms with Crippen molar-refractivity contribution in [3.63, 3.8) is 0 Å². The van der Waals surface area contributed by atoms with E-state index in [0.29, 0.717) is 6.61 Å². The van der Waals surface area contributed by atoms with E-state index >= 15 is 0 Å². The maximum atomic E-state index is 11.3. The van der Waals surface area contributed by atoms with Crippen LogP contribution in [0.25, 0.3) is 0 Å². The van der Waals surface area contributed by atoms with Gasteiger partial charge in [0.25, 0.3) is 0 Å². The van der Waals surface area contributed by atoms with E-state index in [9.17, 15) is 4.79 Å². The maximum Gasteiger partial charge on any atom is 0.323 e. The van der Waals surface area contributed by atoms with Crippen LogP contribution in [0.3, 0.4) is 0 Å². The van der Waals surface area contributed by atoms with Crippen LogP contribution in [0.2, 0.25) is 0 Å². The van der Waals surface area contributed by atoms with Gasteiger partial charge >= 0.3 is 5.97 Å². The van der Waals surface area contributed by atoms with Crippen molar-refractivity contribution >= 4 is 28.8 Å². The lowest BCUT2D eigenvalue weighted by Gasteiger charge is -2.08. The number of ether oxygens (including phenoxy) is 1. The van der Waals surface area contributed by atoms with Crippen LogP contribution in [0.1, 0.15) is 12.5 Å². The predicted octanol–water partition coefficient (Wildman–Crippen LogP) is 2.06. The third-order valence-electron chi connectivity index (χ3n) is 1.74. The minimum atomic E-state index is -0.265. The molecule has 1 aromatic rings. The average molecular weight is 305 g/mol. The second-order valence-electron chi connectivity index (χ2n) is 2.92. The van der Waals surface area contributed by atoms with E-state index in [4.69, 9.17) is 4.74 Å². The van der Waals surface area contributed by atoms with E-state index in [-0.39, 0.29) is 12.0 Å². The number of hydrogen-bond donors (Lipinski definition) is 1. The molecule has 0 spiro atoms. The lowest BCUT2D eigenvalue weighted by Crippen LogP contribution is -2.28. The third kappa shape index (κ3) is 3.63. The van der Waals surface area contributed by atoms with Gasteiger partial charge in [0.2, 0.25) is 0 Å². The smallest absolute Gasteiger partial charge is 0.323 e. The first kappa shape index (κ1) is 11.5. The van der Waals surface area contributed by atoms with Crippen molar-refractivity contribution in [2.45, 2.75) is 19.6 Å². The van der Waals surface area contributed by atoms with Crippen molar-refractivity contribution in [2.24, 2.45) is 0 Å². The Morgan fingerprint density at radius 1 is 1.50 bits per heavy atom. The Hall–Kier alpha value is -0.620. The largest absolute Gasteiger partial charge is 0.460 e. The monoisotopic (exact) mass is 305 g/mol. The minimum absolute atomic E-state index is 0.233. The number of carbonyl (C=O) groups excluding carboxylic acids is 1. The molecule has 0 saturated heterocycles. The van der Waals surface area contributed by atoms with Gasteiger partial charge in [0.05, 0.1) is 0 Å². The second kappa shape index (κ2) is 5.98. The predicted molar refractivity (Wildman–Crippen MR) is 62.9 cm³/mol. The number of esters is 1. The molecule has 0 heterocycles. The van der Waals surface area contributed by atoms with Gasteiger partial charge in [-0.25, -0.2) is 3.53 Å². The van der Waals surface area contributed by atoms with Gasteiger partial charge in [-0.1, -0.05) is 30.3 Å². The fraction of sp³-hybridized carbons (Fsp3) is 0.300. The van der Waals surface area contributed by atoms with E-state index in [2.05, 4.69) is 3.53 Å². The summed E-state index contributed by atoms with van der Waals surface area (Å²) in [6, 6.07) is 9.36. The van der Waals surface area contributed by atoms with E-state index in [1.807, 2.05) is 53.2 Å². The third-order valence-corrected chi connectivity index (χ3v) is 2.68. The molecule has 1 aromatic carbocycles. The molecule has 14 heavy (non-hydrogen) atoms. The summed E-state index contributed by atoms with van der Waals surface area (Å²) in [5.41, 5.74) is 1.00. The van der Waals surface area contributed by atoms with E-state index in [1.54, 1.807) is 6.92 Å². The topological polar surface area (TPSA) is 38.3 Å². The molecular formula is C10H12INO2. The summed E-state index contributed by atoms with van der Waals surface area (Å²) >= 11 is 1.93. The first-order valence-corrected chi connectivity index (χ1v) is 5.38. The highest BCUT2D eigenvalue weighted by molar-refractivity contribution is 14.1. The van der Waals surface area contributed by atoms with Crippen LogP contribution >= 0.6 is 22.9 Å². The van der Waals surface area contributed by atoms with Crippen LogP contribution in [-0.4, -0.2) is 12.0 Å². The van der Waals surface area contributed by atoms with Crippen LogP contribution in [0.5, 0.6) is 0 Å². The number of carbonyl (C=O) groups is 1. The van der Waals surface area contributed by atoms with Crippen molar-refractivity contribution in [3.05, 3.63) is 35.9 Å². The summed E-state index contributed by atoms with van der Waals surface area (Å²) in [5.74, 6) is -0.233. The number of rotatable bonds is 4. The van der Waals surface area contributed by atoms with Gasteiger partial charge in [-0.15, -0.1) is 0 Å². The molecule has 0 radical (unpaired) electrons. The maximum absolute atomic E-state index is 11.3. The van der Waals surface area contributed by atoms with E-state index in [1.165, 1.54) is 0 Å². The van der Waals surface area contributed by atoms with Crippen LogP contribution in [0.4, 0.5) is 0 Å². The summed E-state index contributed by atoms with van der Waals surface area (Å²) in [7, 11) is 0. The highest BCUT2D eigenvalue weighted by Crippen LogP contribution is 2.01. The van der Waals surface area contributed by atoms with Crippen LogP contribution in [-0.2, 0) is 16.1 Å². The SMILES string of the molecule is C[C@H](NI)C(=O)OCc1ccccc1. The van der Waals surface area contributed by atoms with Gasteiger partial charge < -0.3 is 4.74 Å². The molecule has 0 unspecified atom stereocenters. The summed E-state index contributed by atoms with van der Waals surface area (Å²) in [6.45, 7) is 2.10. The number of hydrogen-bond acceptors (Lipinski definition) is 3. The molecule has 0 fully saturated rings. The van der Waals surface area contributed by atoms with Crippen molar-refractivity contribution in [1.82, 2.24) is 3.53 Å². The zero-order chi connectivity index (χ0) is 10.4. The number of nitrogens with one attached hydrogen (secondary N) is 1. The van der Waals surface area contributed by atoms with Crippen LogP contribution in [0.15, 0.2) is 30.3 Å². The lowest BCUT2D eigenvalue weighted by atomic mass is 10.2. The molecule has 0 aliphatic rings. The highest BCUT2D eigenvalue weighted by atomic mass is 127. The molecule has 3 nitrogen and oxygen atoms in total. The standard InChI is InChI=1S/C10H12INO2/c1-8(12-11)10(13)14-7-9-5-3-2-4-6-9/h2-6,8,12H,7H2,1H3/t8-/m0/s1. The molecule has 4 heteroatoms. The summed E-state index contributed by atoms with van der Waals surface area (Å²) in [5, 5.41) is 0. The van der Waals surface area contributed by atoms with Gasteiger partial charge in [0.15, 0.2) is 0 Å².